The van der Waals surface area contributed by atoms with Crippen molar-refractivity contribution in [2.24, 2.45) is 0 Å². The molecule has 6 nitrogen and oxygen atoms in total. The number of hydrogen-bond donors (Lipinski definition) is 4. The lowest BCUT2D eigenvalue weighted by molar-refractivity contribution is 0.404. The lowest BCUT2D eigenvalue weighted by Gasteiger charge is -1.91. The second kappa shape index (κ2) is 57.9. The maximum absolute atomic E-state index is 8.67. The second-order valence-electron chi connectivity index (χ2n) is 4.13. The van der Waals surface area contributed by atoms with Gasteiger partial charge in [0.05, 0.1) is 0 Å². The summed E-state index contributed by atoms with van der Waals surface area (Å²) in [5.41, 5.74) is 0. The molecule has 0 atom stereocenters. The van der Waals surface area contributed by atoms with Gasteiger partial charge in [0.2, 0.25) is 0 Å². The molecule has 0 unspecified atom stereocenters. The Bertz CT molecular complexity index is 565. The van der Waals surface area contributed by atoms with Crippen LogP contribution >= 0.6 is 0 Å². The number of benzene rings is 3. The van der Waals surface area contributed by atoms with E-state index in [0.29, 0.717) is 0 Å². The van der Waals surface area contributed by atoms with Crippen LogP contribution in [0.2, 0.25) is 0 Å². The quantitative estimate of drug-likeness (QED) is 0.224. The van der Waals surface area contributed by atoms with Crippen LogP contribution in [0.1, 0.15) is 83.1 Å². The maximum atomic E-state index is 8.67. The predicted molar refractivity (Wildman–Crippen MR) is 161 cm³/mol. The van der Waals surface area contributed by atoms with E-state index in [0.717, 1.165) is 0 Å². The summed E-state index contributed by atoms with van der Waals surface area (Å²) < 4.78 is 0. The van der Waals surface area contributed by atoms with Crippen molar-refractivity contribution in [2.45, 2.75) is 83.1 Å². The van der Waals surface area contributed by atoms with Crippen LogP contribution < -0.4 is 0 Å². The van der Waals surface area contributed by atoms with E-state index < -0.39 is 0 Å². The van der Waals surface area contributed by atoms with Crippen molar-refractivity contribution in [1.29, 1.82) is 0 Å². The van der Waals surface area contributed by atoms with Crippen LogP contribution in [0.15, 0.2) is 84.9 Å². The summed E-state index contributed by atoms with van der Waals surface area (Å²) >= 11 is 0. The van der Waals surface area contributed by atoms with Gasteiger partial charge in [0.1, 0.15) is 0 Å². The highest BCUT2D eigenvalue weighted by atomic mass is 16.7. The Morgan fingerprint density at radius 1 is 0.306 bits per heavy atom. The fraction of sp³-hybridized carbons (Fsp3) is 0.400. The molecule has 0 bridgehead atoms. The first kappa shape index (κ1) is 49.6. The van der Waals surface area contributed by atoms with Crippen molar-refractivity contribution >= 4 is 0 Å². The van der Waals surface area contributed by atoms with E-state index in [4.69, 9.17) is 30.4 Å². The van der Waals surface area contributed by atoms with Crippen molar-refractivity contribution in [1.82, 2.24) is 0 Å². The summed E-state index contributed by atoms with van der Waals surface area (Å²) in [5, 5.41) is 34.7. The highest BCUT2D eigenvalue weighted by molar-refractivity contribution is 5.36. The molecule has 0 saturated carbocycles. The lowest BCUT2D eigenvalue weighted by atomic mass is 10.3. The third kappa shape index (κ3) is 44.2. The fourth-order valence-corrected chi connectivity index (χ4v) is 1.31. The van der Waals surface area contributed by atoms with Crippen LogP contribution in [0.3, 0.4) is 0 Å². The van der Waals surface area contributed by atoms with Gasteiger partial charge in [-0.25, -0.2) is 0 Å². The summed E-state index contributed by atoms with van der Waals surface area (Å²) in [6.45, 7) is 24.0. The van der Waals surface area contributed by atoms with Crippen LogP contribution in [0.5, 0.6) is 23.0 Å². The SMILES string of the molecule is CC.CC.CC.CC.CC.CC.O=O.Oc1ccccc1O.Oc1ccccc1O.c1ccccc1. The zero-order valence-corrected chi connectivity index (χ0v) is 24.7. The smallest absolute Gasteiger partial charge is 0.157 e. The minimum absolute atomic E-state index is 0.0764. The van der Waals surface area contributed by atoms with E-state index in [9.17, 15) is 0 Å². The van der Waals surface area contributed by atoms with Crippen LogP contribution in [-0.4, -0.2) is 20.4 Å². The molecule has 0 spiro atoms. The average Bonchev–Trinajstić information content (AvgIpc) is 3.01. The van der Waals surface area contributed by atoms with Crippen LogP contribution in [0, 0.1) is 9.93 Å². The van der Waals surface area contributed by atoms with Crippen molar-refractivity contribution < 1.29 is 20.4 Å². The first-order valence-electron chi connectivity index (χ1n) is 12.7. The summed E-state index contributed by atoms with van der Waals surface area (Å²) in [6, 6.07) is 24.3. The first-order chi connectivity index (χ1) is 17.6. The zero-order chi connectivity index (χ0) is 30.2. The highest BCUT2D eigenvalue weighted by Gasteiger charge is 1.91. The number of phenolic OH excluding ortho intramolecular Hbond substituents is 4. The van der Waals surface area contributed by atoms with Gasteiger partial charge in [0.25, 0.3) is 0 Å². The summed E-state index contributed by atoms with van der Waals surface area (Å²) in [6.07, 6.45) is 0. The average molecular weight is 511 g/mol. The van der Waals surface area contributed by atoms with Crippen molar-refractivity contribution in [3.8, 4) is 23.0 Å². The van der Waals surface area contributed by atoms with Gasteiger partial charge in [0, 0.05) is 9.93 Å². The zero-order valence-electron chi connectivity index (χ0n) is 24.7. The molecular formula is C30H54O6. The van der Waals surface area contributed by atoms with Gasteiger partial charge in [-0.3, -0.25) is 0 Å². The molecule has 0 aliphatic carbocycles. The van der Waals surface area contributed by atoms with Gasteiger partial charge in [-0.1, -0.05) is 144 Å². The largest absolute Gasteiger partial charge is 0.504 e. The Labute approximate surface area is 221 Å². The molecule has 0 amide bonds. The molecule has 0 aliphatic heterocycles. The molecule has 4 N–H and O–H groups in total. The maximum Gasteiger partial charge on any atom is 0.157 e. The van der Waals surface area contributed by atoms with Crippen LogP contribution in [-0.2, 0) is 0 Å². The number of rotatable bonds is 0. The molecule has 3 rings (SSSR count). The van der Waals surface area contributed by atoms with Gasteiger partial charge in [-0.2, -0.15) is 0 Å². The van der Waals surface area contributed by atoms with Crippen LogP contribution in [0.25, 0.3) is 0 Å². The predicted octanol–water partition coefficient (Wildman–Crippen LogP) is 10.1. The molecule has 210 valence electrons. The molecule has 0 radical (unpaired) electrons. The summed E-state index contributed by atoms with van der Waals surface area (Å²) in [5.74, 6) is -0.306. The molecule has 0 aromatic heterocycles. The van der Waals surface area contributed by atoms with Gasteiger partial charge in [0.15, 0.2) is 23.0 Å². The lowest BCUT2D eigenvalue weighted by Crippen LogP contribution is -1.63. The Morgan fingerprint density at radius 3 is 0.500 bits per heavy atom. The molecule has 0 fully saturated rings. The molecule has 0 saturated heterocycles. The Balaban J connectivity index is -0.0000000567. The van der Waals surface area contributed by atoms with Gasteiger partial charge in [-0.15, -0.1) is 0 Å². The van der Waals surface area contributed by atoms with E-state index in [1.807, 2.05) is 119 Å². The molecule has 0 aliphatic rings. The molecule has 6 heteroatoms. The minimum atomic E-state index is -0.0764. The Morgan fingerprint density at radius 2 is 0.417 bits per heavy atom. The topological polar surface area (TPSA) is 115 Å². The van der Waals surface area contributed by atoms with Gasteiger partial charge in [-0.05, 0) is 24.3 Å². The number of phenols is 4. The van der Waals surface area contributed by atoms with Crippen molar-refractivity contribution in [3.05, 3.63) is 94.9 Å². The molecule has 3 aromatic rings. The summed E-state index contributed by atoms with van der Waals surface area (Å²) in [7, 11) is 0. The van der Waals surface area contributed by atoms with Crippen molar-refractivity contribution in [2.75, 3.05) is 0 Å². The fourth-order valence-electron chi connectivity index (χ4n) is 1.31. The van der Waals surface area contributed by atoms with Gasteiger partial charge < -0.3 is 20.4 Å². The van der Waals surface area contributed by atoms with E-state index in [-0.39, 0.29) is 23.0 Å². The van der Waals surface area contributed by atoms with E-state index >= 15 is 0 Å². The third-order valence-electron chi connectivity index (χ3n) is 2.43. The molecule has 0 heterocycles. The number of para-hydroxylation sites is 4. The van der Waals surface area contributed by atoms with Gasteiger partial charge >= 0.3 is 0 Å². The Hall–Kier alpha value is -3.54. The third-order valence-corrected chi connectivity index (χ3v) is 2.43. The van der Waals surface area contributed by atoms with E-state index in [1.165, 1.54) is 24.3 Å². The normalized spacial score (nSPS) is 6.44. The molecular weight excluding hydrogens is 456 g/mol. The highest BCUT2D eigenvalue weighted by Crippen LogP contribution is 2.22. The van der Waals surface area contributed by atoms with Crippen molar-refractivity contribution in [3.63, 3.8) is 0 Å². The monoisotopic (exact) mass is 510 g/mol. The number of hydrogen-bond acceptors (Lipinski definition) is 6. The van der Waals surface area contributed by atoms with E-state index in [1.54, 1.807) is 24.3 Å². The minimum Gasteiger partial charge on any atom is -0.504 e. The van der Waals surface area contributed by atoms with E-state index in [2.05, 4.69) is 0 Å². The molecule has 36 heavy (non-hydrogen) atoms. The second-order valence-corrected chi connectivity index (χ2v) is 4.13. The summed E-state index contributed by atoms with van der Waals surface area (Å²) in [4.78, 5) is 14.0. The number of aromatic hydroxyl groups is 4. The van der Waals surface area contributed by atoms with Crippen LogP contribution in [0.4, 0.5) is 0 Å². The molecule has 3 aromatic carbocycles. The Kier molecular flexibility index (Phi) is 79.7. The first-order valence-corrected chi connectivity index (χ1v) is 12.7. The standard InChI is InChI=1S/2C6H6O2.C6H6.6C2H6.O2/c2*7-5-3-1-2-4-6(5)8;1-2-4-6-5-3-1;7*1-2/h2*1-4,7-8H;1-6H;6*1-2H3;.